The Bertz CT molecular complexity index is 271. The fourth-order valence-corrected chi connectivity index (χ4v) is 2.32. The summed E-state index contributed by atoms with van der Waals surface area (Å²) in [5.74, 6) is 0. The summed E-state index contributed by atoms with van der Waals surface area (Å²) in [6.45, 7) is 6.71. The Morgan fingerprint density at radius 1 is 1.60 bits per heavy atom. The van der Waals surface area contributed by atoms with Crippen molar-refractivity contribution >= 4 is 0 Å². The van der Waals surface area contributed by atoms with E-state index in [-0.39, 0.29) is 0 Å². The van der Waals surface area contributed by atoms with Crippen molar-refractivity contribution in [1.82, 2.24) is 10.2 Å². The molecule has 0 aromatic carbocycles. The molecule has 1 aliphatic heterocycles. The van der Waals surface area contributed by atoms with E-state index in [1.54, 1.807) is 12.5 Å². The van der Waals surface area contributed by atoms with Gasteiger partial charge in [-0.3, -0.25) is 4.90 Å². The van der Waals surface area contributed by atoms with E-state index in [0.717, 1.165) is 19.1 Å². The summed E-state index contributed by atoms with van der Waals surface area (Å²) in [5, 5.41) is 3.49. The summed E-state index contributed by atoms with van der Waals surface area (Å²) in [4.78, 5) is 2.56. The third-order valence-electron chi connectivity index (χ3n) is 3.19. The summed E-state index contributed by atoms with van der Waals surface area (Å²) in [6.07, 6.45) is 6.22. The monoisotopic (exact) mass is 208 g/mol. The number of nitrogens with zero attached hydrogens (tertiary/aromatic N) is 1. The van der Waals surface area contributed by atoms with Crippen molar-refractivity contribution in [3.63, 3.8) is 0 Å². The van der Waals surface area contributed by atoms with Gasteiger partial charge in [0.05, 0.1) is 12.5 Å². The first-order valence-corrected chi connectivity index (χ1v) is 5.86. The first kappa shape index (κ1) is 10.7. The van der Waals surface area contributed by atoms with Crippen LogP contribution in [-0.2, 0) is 6.54 Å². The Balaban J connectivity index is 1.69. The summed E-state index contributed by atoms with van der Waals surface area (Å²) in [5.41, 5.74) is 1.23. The van der Waals surface area contributed by atoms with Crippen molar-refractivity contribution < 1.29 is 4.42 Å². The Kier molecular flexibility index (Phi) is 3.80. The number of hydrogen-bond donors (Lipinski definition) is 1. The minimum atomic E-state index is 0.738. The van der Waals surface area contributed by atoms with Crippen molar-refractivity contribution in [1.29, 1.82) is 0 Å². The molecule has 3 nitrogen and oxygen atoms in total. The van der Waals surface area contributed by atoms with Crippen molar-refractivity contribution in [3.05, 3.63) is 24.2 Å². The molecule has 84 valence electrons. The maximum absolute atomic E-state index is 5.03. The molecule has 1 aromatic heterocycles. The molecule has 1 fully saturated rings. The van der Waals surface area contributed by atoms with Crippen LogP contribution in [0.4, 0.5) is 0 Å². The van der Waals surface area contributed by atoms with E-state index in [1.807, 2.05) is 6.07 Å². The van der Waals surface area contributed by atoms with Gasteiger partial charge in [-0.05, 0) is 32.0 Å². The quantitative estimate of drug-likeness (QED) is 0.800. The first-order valence-electron chi connectivity index (χ1n) is 5.86. The molecular weight excluding hydrogens is 188 g/mol. The van der Waals surface area contributed by atoms with Crippen LogP contribution in [0.15, 0.2) is 23.0 Å². The molecule has 0 bridgehead atoms. The number of furan rings is 1. The summed E-state index contributed by atoms with van der Waals surface area (Å²) in [7, 11) is 0. The highest BCUT2D eigenvalue weighted by atomic mass is 16.3. The molecule has 0 amide bonds. The van der Waals surface area contributed by atoms with Gasteiger partial charge in [0.2, 0.25) is 0 Å². The highest BCUT2D eigenvalue weighted by molar-refractivity contribution is 5.04. The highest BCUT2D eigenvalue weighted by Crippen LogP contribution is 2.15. The molecule has 0 saturated carbocycles. The van der Waals surface area contributed by atoms with Crippen molar-refractivity contribution in [2.75, 3.05) is 19.6 Å². The standard InChI is InChI=1S/C12H20N2O/c1-2-14-6-3-4-12(14)9-13-8-11-5-7-15-10-11/h5,7,10,12-13H,2-4,6,8-9H2,1H3. The predicted molar refractivity (Wildman–Crippen MR) is 60.7 cm³/mol. The van der Waals surface area contributed by atoms with Crippen molar-refractivity contribution in [3.8, 4) is 0 Å². The molecular formula is C12H20N2O. The summed E-state index contributed by atoms with van der Waals surface area (Å²) >= 11 is 0. The number of hydrogen-bond acceptors (Lipinski definition) is 3. The second kappa shape index (κ2) is 5.33. The summed E-state index contributed by atoms with van der Waals surface area (Å²) in [6, 6.07) is 2.75. The van der Waals surface area contributed by atoms with E-state index in [4.69, 9.17) is 4.42 Å². The van der Waals surface area contributed by atoms with Gasteiger partial charge in [-0.1, -0.05) is 6.92 Å². The van der Waals surface area contributed by atoms with E-state index < -0.39 is 0 Å². The Hall–Kier alpha value is -0.800. The normalized spacial score (nSPS) is 22.3. The summed E-state index contributed by atoms with van der Waals surface area (Å²) < 4.78 is 5.03. The van der Waals surface area contributed by atoms with Crippen molar-refractivity contribution in [2.45, 2.75) is 32.4 Å². The average molecular weight is 208 g/mol. The lowest BCUT2D eigenvalue weighted by Gasteiger charge is -2.22. The lowest BCUT2D eigenvalue weighted by molar-refractivity contribution is 0.260. The average Bonchev–Trinajstić information content (AvgIpc) is 2.88. The third kappa shape index (κ3) is 2.83. The zero-order chi connectivity index (χ0) is 10.5. The Morgan fingerprint density at radius 3 is 3.27 bits per heavy atom. The van der Waals surface area contributed by atoms with Crippen LogP contribution in [0.25, 0.3) is 0 Å². The Labute approximate surface area is 91.4 Å². The van der Waals surface area contributed by atoms with E-state index in [0.29, 0.717) is 0 Å². The molecule has 1 atom stereocenters. The molecule has 0 radical (unpaired) electrons. The lowest BCUT2D eigenvalue weighted by Crippen LogP contribution is -2.37. The molecule has 1 unspecified atom stereocenters. The van der Waals surface area contributed by atoms with Crippen LogP contribution in [0.5, 0.6) is 0 Å². The maximum atomic E-state index is 5.03. The molecule has 1 aromatic rings. The molecule has 2 rings (SSSR count). The second-order valence-electron chi connectivity index (χ2n) is 4.19. The SMILES string of the molecule is CCN1CCCC1CNCc1ccoc1. The number of nitrogens with one attached hydrogen (secondary N) is 1. The van der Waals surface area contributed by atoms with Gasteiger partial charge in [0, 0.05) is 24.7 Å². The van der Waals surface area contributed by atoms with Gasteiger partial charge in [-0.2, -0.15) is 0 Å². The van der Waals surface area contributed by atoms with Crippen LogP contribution in [0.1, 0.15) is 25.3 Å². The number of rotatable bonds is 5. The van der Waals surface area contributed by atoms with Crippen LogP contribution in [0, 0.1) is 0 Å². The number of likely N-dealkylation sites (tertiary alicyclic amines) is 1. The predicted octanol–water partition coefficient (Wildman–Crippen LogP) is 1.85. The van der Waals surface area contributed by atoms with E-state index in [2.05, 4.69) is 17.1 Å². The van der Waals surface area contributed by atoms with Crippen LogP contribution in [-0.4, -0.2) is 30.6 Å². The smallest absolute Gasteiger partial charge is 0.0947 e. The van der Waals surface area contributed by atoms with Gasteiger partial charge in [-0.15, -0.1) is 0 Å². The third-order valence-corrected chi connectivity index (χ3v) is 3.19. The van der Waals surface area contributed by atoms with Gasteiger partial charge < -0.3 is 9.73 Å². The molecule has 0 spiro atoms. The van der Waals surface area contributed by atoms with Gasteiger partial charge >= 0.3 is 0 Å². The topological polar surface area (TPSA) is 28.4 Å². The van der Waals surface area contributed by atoms with Crippen LogP contribution < -0.4 is 5.32 Å². The molecule has 2 heterocycles. The first-order chi connectivity index (χ1) is 7.40. The van der Waals surface area contributed by atoms with Gasteiger partial charge in [0.15, 0.2) is 0 Å². The molecule has 1 aliphatic rings. The Morgan fingerprint density at radius 2 is 2.53 bits per heavy atom. The zero-order valence-electron chi connectivity index (χ0n) is 9.41. The number of likely N-dealkylation sites (N-methyl/N-ethyl adjacent to an activating group) is 1. The lowest BCUT2D eigenvalue weighted by atomic mass is 10.2. The largest absolute Gasteiger partial charge is 0.472 e. The van der Waals surface area contributed by atoms with Crippen LogP contribution >= 0.6 is 0 Å². The molecule has 1 N–H and O–H groups in total. The maximum Gasteiger partial charge on any atom is 0.0947 e. The molecule has 0 aliphatic carbocycles. The van der Waals surface area contributed by atoms with Crippen molar-refractivity contribution in [2.24, 2.45) is 0 Å². The fourth-order valence-electron chi connectivity index (χ4n) is 2.32. The second-order valence-corrected chi connectivity index (χ2v) is 4.19. The molecule has 3 heteroatoms. The van der Waals surface area contributed by atoms with Crippen LogP contribution in [0.3, 0.4) is 0 Å². The highest BCUT2D eigenvalue weighted by Gasteiger charge is 2.21. The van der Waals surface area contributed by atoms with Gasteiger partial charge in [0.1, 0.15) is 0 Å². The van der Waals surface area contributed by atoms with E-state index >= 15 is 0 Å². The van der Waals surface area contributed by atoms with Gasteiger partial charge in [0.25, 0.3) is 0 Å². The van der Waals surface area contributed by atoms with E-state index in [9.17, 15) is 0 Å². The minimum Gasteiger partial charge on any atom is -0.472 e. The zero-order valence-corrected chi connectivity index (χ0v) is 9.41. The minimum absolute atomic E-state index is 0.738. The van der Waals surface area contributed by atoms with E-state index in [1.165, 1.54) is 31.5 Å². The molecule has 15 heavy (non-hydrogen) atoms. The van der Waals surface area contributed by atoms with Gasteiger partial charge in [-0.25, -0.2) is 0 Å². The van der Waals surface area contributed by atoms with Crippen LogP contribution in [0.2, 0.25) is 0 Å². The fraction of sp³-hybridized carbons (Fsp3) is 0.667. The molecule has 1 saturated heterocycles.